The first kappa shape index (κ1) is 20.6. The molecule has 1 aliphatic heterocycles. The van der Waals surface area contributed by atoms with E-state index in [2.05, 4.69) is 65.5 Å². The van der Waals surface area contributed by atoms with Crippen LogP contribution >= 0.6 is 11.3 Å². The SMILES string of the molecule is CCc1cc(-c2cccs2)cc(C(C)NC(=O)c2cc(NC3CNC3)ccc2C)c1. The van der Waals surface area contributed by atoms with Crippen LogP contribution in [-0.4, -0.2) is 25.0 Å². The number of hydrogen-bond acceptors (Lipinski definition) is 4. The van der Waals surface area contributed by atoms with Gasteiger partial charge in [-0.25, -0.2) is 0 Å². The second-order valence-corrected chi connectivity index (χ2v) is 8.97. The summed E-state index contributed by atoms with van der Waals surface area (Å²) in [5.74, 6) is -0.0324. The predicted octanol–water partition coefficient (Wildman–Crippen LogP) is 5.16. The normalized spacial score (nSPS) is 14.8. The zero-order valence-electron chi connectivity index (χ0n) is 17.8. The number of anilines is 1. The first-order chi connectivity index (χ1) is 14.5. The Morgan fingerprint density at radius 3 is 2.70 bits per heavy atom. The molecule has 2 aromatic carbocycles. The van der Waals surface area contributed by atoms with E-state index in [0.717, 1.165) is 41.9 Å². The summed E-state index contributed by atoms with van der Waals surface area (Å²) >= 11 is 1.74. The lowest BCUT2D eigenvalue weighted by Gasteiger charge is -2.29. The molecule has 1 atom stereocenters. The van der Waals surface area contributed by atoms with Gasteiger partial charge in [0, 0.05) is 29.2 Å². The van der Waals surface area contributed by atoms with E-state index in [0.29, 0.717) is 6.04 Å². The molecule has 3 aromatic rings. The minimum atomic E-state index is -0.0745. The molecule has 0 aliphatic carbocycles. The molecule has 156 valence electrons. The zero-order valence-corrected chi connectivity index (χ0v) is 18.6. The number of carbonyl (C=O) groups excluding carboxylic acids is 1. The first-order valence-corrected chi connectivity index (χ1v) is 11.5. The van der Waals surface area contributed by atoms with Crippen LogP contribution in [0.5, 0.6) is 0 Å². The Kier molecular flexibility index (Phi) is 6.21. The van der Waals surface area contributed by atoms with Crippen molar-refractivity contribution >= 4 is 22.9 Å². The number of aryl methyl sites for hydroxylation is 2. The van der Waals surface area contributed by atoms with E-state index in [9.17, 15) is 4.79 Å². The van der Waals surface area contributed by atoms with Crippen molar-refractivity contribution in [1.82, 2.24) is 10.6 Å². The van der Waals surface area contributed by atoms with Gasteiger partial charge in [0.1, 0.15) is 0 Å². The number of benzene rings is 2. The van der Waals surface area contributed by atoms with Gasteiger partial charge in [-0.05, 0) is 72.2 Å². The summed E-state index contributed by atoms with van der Waals surface area (Å²) in [6.07, 6.45) is 0.968. The second-order valence-electron chi connectivity index (χ2n) is 8.02. The highest BCUT2D eigenvalue weighted by Gasteiger charge is 2.19. The van der Waals surface area contributed by atoms with Gasteiger partial charge in [0.15, 0.2) is 0 Å². The van der Waals surface area contributed by atoms with Crippen molar-refractivity contribution in [2.45, 2.75) is 39.3 Å². The molecule has 4 nitrogen and oxygen atoms in total. The van der Waals surface area contributed by atoms with Crippen LogP contribution < -0.4 is 16.0 Å². The van der Waals surface area contributed by atoms with E-state index in [4.69, 9.17) is 0 Å². The Hall–Kier alpha value is -2.63. The molecule has 0 radical (unpaired) electrons. The maximum atomic E-state index is 13.1. The molecule has 4 rings (SSSR count). The summed E-state index contributed by atoms with van der Waals surface area (Å²) < 4.78 is 0. The molecule has 1 fully saturated rings. The first-order valence-electron chi connectivity index (χ1n) is 10.6. The molecule has 1 unspecified atom stereocenters. The quantitative estimate of drug-likeness (QED) is 0.496. The smallest absolute Gasteiger partial charge is 0.252 e. The van der Waals surface area contributed by atoms with E-state index in [-0.39, 0.29) is 11.9 Å². The van der Waals surface area contributed by atoms with E-state index in [1.807, 2.05) is 25.1 Å². The average molecular weight is 420 g/mol. The van der Waals surface area contributed by atoms with Crippen LogP contribution in [0.1, 0.15) is 46.9 Å². The third-order valence-corrected chi connectivity index (χ3v) is 6.63. The fourth-order valence-corrected chi connectivity index (χ4v) is 4.41. The number of amides is 1. The molecule has 3 N–H and O–H groups in total. The van der Waals surface area contributed by atoms with Crippen molar-refractivity contribution in [2.24, 2.45) is 0 Å². The predicted molar refractivity (Wildman–Crippen MR) is 126 cm³/mol. The minimum absolute atomic E-state index is 0.0324. The van der Waals surface area contributed by atoms with Crippen LogP contribution in [0.4, 0.5) is 5.69 Å². The molecule has 1 aromatic heterocycles. The van der Waals surface area contributed by atoms with E-state index >= 15 is 0 Å². The highest BCUT2D eigenvalue weighted by molar-refractivity contribution is 7.13. The molecule has 5 heteroatoms. The number of thiophene rings is 1. The molecule has 0 spiro atoms. The van der Waals surface area contributed by atoms with Gasteiger partial charge >= 0.3 is 0 Å². The van der Waals surface area contributed by atoms with Gasteiger partial charge < -0.3 is 16.0 Å². The Balaban J connectivity index is 1.53. The van der Waals surface area contributed by atoms with Gasteiger partial charge in [0.25, 0.3) is 5.91 Å². The van der Waals surface area contributed by atoms with Crippen LogP contribution in [0.2, 0.25) is 0 Å². The second kappa shape index (κ2) is 9.02. The molecular formula is C25H29N3OS. The van der Waals surface area contributed by atoms with Crippen molar-refractivity contribution in [1.29, 1.82) is 0 Å². The fraction of sp³-hybridized carbons (Fsp3) is 0.320. The molecule has 1 amide bonds. The maximum Gasteiger partial charge on any atom is 0.252 e. The van der Waals surface area contributed by atoms with E-state index < -0.39 is 0 Å². The Morgan fingerprint density at radius 1 is 1.20 bits per heavy atom. The average Bonchev–Trinajstić information content (AvgIpc) is 3.26. The molecule has 1 aliphatic rings. The maximum absolute atomic E-state index is 13.1. The van der Waals surface area contributed by atoms with Gasteiger partial charge in [0.2, 0.25) is 0 Å². The van der Waals surface area contributed by atoms with Crippen molar-refractivity contribution in [3.8, 4) is 10.4 Å². The van der Waals surface area contributed by atoms with Crippen molar-refractivity contribution in [3.05, 3.63) is 76.2 Å². The lowest BCUT2D eigenvalue weighted by atomic mass is 9.98. The third-order valence-electron chi connectivity index (χ3n) is 5.71. The van der Waals surface area contributed by atoms with Gasteiger partial charge in [-0.15, -0.1) is 11.3 Å². The third kappa shape index (κ3) is 4.58. The Morgan fingerprint density at radius 2 is 2.03 bits per heavy atom. The molecule has 2 heterocycles. The van der Waals surface area contributed by atoms with Gasteiger partial charge in [-0.2, -0.15) is 0 Å². The van der Waals surface area contributed by atoms with Crippen LogP contribution in [0.3, 0.4) is 0 Å². The Bertz CT molecular complexity index is 1020. The molecule has 1 saturated heterocycles. The van der Waals surface area contributed by atoms with Gasteiger partial charge in [0.05, 0.1) is 12.1 Å². The minimum Gasteiger partial charge on any atom is -0.380 e. The molecule has 0 bridgehead atoms. The van der Waals surface area contributed by atoms with Crippen molar-refractivity contribution < 1.29 is 4.79 Å². The topological polar surface area (TPSA) is 53.2 Å². The number of rotatable bonds is 7. The fourth-order valence-electron chi connectivity index (χ4n) is 3.70. The Labute approximate surface area is 182 Å². The molecular weight excluding hydrogens is 390 g/mol. The summed E-state index contributed by atoms with van der Waals surface area (Å²) in [5.41, 5.74) is 6.35. The highest BCUT2D eigenvalue weighted by Crippen LogP contribution is 2.29. The van der Waals surface area contributed by atoms with E-state index in [1.165, 1.54) is 16.0 Å². The van der Waals surface area contributed by atoms with Crippen LogP contribution in [0, 0.1) is 6.92 Å². The summed E-state index contributed by atoms with van der Waals surface area (Å²) in [4.78, 5) is 14.3. The van der Waals surface area contributed by atoms with E-state index in [1.54, 1.807) is 11.3 Å². The van der Waals surface area contributed by atoms with Gasteiger partial charge in [-0.3, -0.25) is 4.79 Å². The summed E-state index contributed by atoms with van der Waals surface area (Å²) in [6.45, 7) is 8.14. The lowest BCUT2D eigenvalue weighted by molar-refractivity contribution is 0.0939. The van der Waals surface area contributed by atoms with Crippen LogP contribution in [0.25, 0.3) is 10.4 Å². The summed E-state index contributed by atoms with van der Waals surface area (Å²) in [6, 6.07) is 17.3. The standard InChI is InChI=1S/C25H29N3OS/c1-4-18-10-19(12-20(11-18)24-6-5-9-30-24)17(3)27-25(29)23-13-21(8-7-16(23)2)28-22-14-26-15-22/h5-13,17,22,26,28H,4,14-15H2,1-3H3,(H,27,29). The summed E-state index contributed by atoms with van der Waals surface area (Å²) in [7, 11) is 0. The molecule has 0 saturated carbocycles. The number of nitrogens with one attached hydrogen (secondary N) is 3. The van der Waals surface area contributed by atoms with Gasteiger partial charge in [-0.1, -0.05) is 31.2 Å². The lowest BCUT2D eigenvalue weighted by Crippen LogP contribution is -2.51. The van der Waals surface area contributed by atoms with Crippen molar-refractivity contribution in [3.63, 3.8) is 0 Å². The van der Waals surface area contributed by atoms with Crippen molar-refractivity contribution in [2.75, 3.05) is 18.4 Å². The number of hydrogen-bond donors (Lipinski definition) is 3. The summed E-state index contributed by atoms with van der Waals surface area (Å²) in [5, 5.41) is 12.0. The van der Waals surface area contributed by atoms with Crippen LogP contribution in [-0.2, 0) is 6.42 Å². The zero-order chi connectivity index (χ0) is 21.1. The monoisotopic (exact) mass is 419 g/mol. The molecule has 30 heavy (non-hydrogen) atoms. The number of carbonyl (C=O) groups is 1. The largest absolute Gasteiger partial charge is 0.380 e. The van der Waals surface area contributed by atoms with Crippen LogP contribution in [0.15, 0.2) is 53.9 Å². The highest BCUT2D eigenvalue weighted by atomic mass is 32.1.